The highest BCUT2D eigenvalue weighted by atomic mass is 14.3. The number of hydrogen-bond donors (Lipinski definition) is 0. The van der Waals surface area contributed by atoms with Crippen LogP contribution in [0.2, 0.25) is 0 Å². The van der Waals surface area contributed by atoms with Gasteiger partial charge in [0.2, 0.25) is 0 Å². The summed E-state index contributed by atoms with van der Waals surface area (Å²) in [7, 11) is 0. The monoisotopic (exact) mass is 168 g/mol. The van der Waals surface area contributed by atoms with Gasteiger partial charge in [-0.1, -0.05) is 53.7 Å². The molecule has 0 heterocycles. The molecule has 0 aliphatic heterocycles. The summed E-state index contributed by atoms with van der Waals surface area (Å²) in [5.41, 5.74) is 1.97. The van der Waals surface area contributed by atoms with E-state index in [0.29, 0.717) is 10.8 Å². The van der Waals surface area contributed by atoms with Crippen LogP contribution in [0, 0.1) is 10.8 Å². The Morgan fingerprint density at radius 3 is 1.33 bits per heavy atom. The molecule has 0 N–H and O–H groups in total. The zero-order valence-electron chi connectivity index (χ0n) is 9.62. The largest absolute Gasteiger partial charge is 0.0988 e. The minimum Gasteiger partial charge on any atom is -0.0988 e. The molecule has 0 aliphatic rings. The Kier molecular flexibility index (Phi) is 3.56. The van der Waals surface area contributed by atoms with Gasteiger partial charge in [-0.05, 0) is 23.7 Å². The second-order valence-corrected chi connectivity index (χ2v) is 4.95. The van der Waals surface area contributed by atoms with Gasteiger partial charge in [-0.3, -0.25) is 0 Å². The van der Waals surface area contributed by atoms with Crippen LogP contribution in [-0.2, 0) is 0 Å². The minimum atomic E-state index is 0.291. The SMILES string of the molecule is C=C(C(C)(C)CC)C(C)(C)CC. The van der Waals surface area contributed by atoms with Gasteiger partial charge in [-0.2, -0.15) is 0 Å². The van der Waals surface area contributed by atoms with Gasteiger partial charge in [-0.15, -0.1) is 0 Å². The second kappa shape index (κ2) is 3.64. The van der Waals surface area contributed by atoms with Gasteiger partial charge in [0, 0.05) is 0 Å². The van der Waals surface area contributed by atoms with Gasteiger partial charge in [0.1, 0.15) is 0 Å². The molecule has 0 heteroatoms. The Hall–Kier alpha value is -0.260. The third-order valence-corrected chi connectivity index (χ3v) is 3.40. The molecular weight excluding hydrogens is 144 g/mol. The van der Waals surface area contributed by atoms with Crippen molar-refractivity contribution >= 4 is 0 Å². The zero-order valence-corrected chi connectivity index (χ0v) is 9.62. The Balaban J connectivity index is 4.60. The number of allylic oxidation sites excluding steroid dienone is 1. The highest BCUT2D eigenvalue weighted by Crippen LogP contribution is 2.42. The topological polar surface area (TPSA) is 0 Å². The van der Waals surface area contributed by atoms with E-state index in [4.69, 9.17) is 0 Å². The van der Waals surface area contributed by atoms with Crippen LogP contribution in [0.4, 0.5) is 0 Å². The maximum absolute atomic E-state index is 4.24. The molecule has 0 aromatic carbocycles. The Labute approximate surface area is 78.1 Å². The average Bonchev–Trinajstić information content (AvgIpc) is 2.03. The zero-order chi connectivity index (χ0) is 9.99. The molecule has 0 saturated carbocycles. The van der Waals surface area contributed by atoms with Gasteiger partial charge in [0.25, 0.3) is 0 Å². The third-order valence-electron chi connectivity index (χ3n) is 3.40. The van der Waals surface area contributed by atoms with E-state index < -0.39 is 0 Å². The molecule has 0 saturated heterocycles. The summed E-state index contributed by atoms with van der Waals surface area (Å²) in [6, 6.07) is 0. The van der Waals surface area contributed by atoms with Crippen LogP contribution in [0.15, 0.2) is 12.2 Å². The van der Waals surface area contributed by atoms with E-state index in [1.807, 2.05) is 0 Å². The van der Waals surface area contributed by atoms with Crippen molar-refractivity contribution in [3.05, 3.63) is 12.2 Å². The lowest BCUT2D eigenvalue weighted by Gasteiger charge is -2.37. The first-order valence-electron chi connectivity index (χ1n) is 4.97. The fourth-order valence-corrected chi connectivity index (χ4v) is 1.34. The molecule has 0 atom stereocenters. The summed E-state index contributed by atoms with van der Waals surface area (Å²) in [6.45, 7) is 17.8. The Bertz CT molecular complexity index is 143. The van der Waals surface area contributed by atoms with Gasteiger partial charge in [0.15, 0.2) is 0 Å². The predicted octanol–water partition coefficient (Wildman–Crippen LogP) is 4.42. The summed E-state index contributed by atoms with van der Waals surface area (Å²) >= 11 is 0. The van der Waals surface area contributed by atoms with E-state index in [1.165, 1.54) is 18.4 Å². The second-order valence-electron chi connectivity index (χ2n) is 4.95. The summed E-state index contributed by atoms with van der Waals surface area (Å²) in [6.07, 6.45) is 2.35. The predicted molar refractivity (Wildman–Crippen MR) is 57.3 cm³/mol. The van der Waals surface area contributed by atoms with Gasteiger partial charge >= 0.3 is 0 Å². The molecule has 0 unspecified atom stereocenters. The lowest BCUT2D eigenvalue weighted by Crippen LogP contribution is -2.25. The van der Waals surface area contributed by atoms with Crippen LogP contribution in [0.3, 0.4) is 0 Å². The highest BCUT2D eigenvalue weighted by Gasteiger charge is 2.30. The molecule has 12 heavy (non-hydrogen) atoms. The Morgan fingerprint density at radius 2 is 1.17 bits per heavy atom. The van der Waals surface area contributed by atoms with E-state index in [2.05, 4.69) is 48.1 Å². The molecule has 0 radical (unpaired) electrons. The van der Waals surface area contributed by atoms with E-state index in [9.17, 15) is 0 Å². The first-order valence-corrected chi connectivity index (χ1v) is 4.97. The summed E-state index contributed by atoms with van der Waals surface area (Å²) < 4.78 is 0. The fourth-order valence-electron chi connectivity index (χ4n) is 1.34. The molecule has 0 bridgehead atoms. The Morgan fingerprint density at radius 1 is 0.917 bits per heavy atom. The van der Waals surface area contributed by atoms with Gasteiger partial charge in [0.05, 0.1) is 0 Å². The van der Waals surface area contributed by atoms with Crippen molar-refractivity contribution in [1.29, 1.82) is 0 Å². The van der Waals surface area contributed by atoms with E-state index >= 15 is 0 Å². The normalized spacial score (nSPS) is 13.2. The molecule has 0 aromatic rings. The lowest BCUT2D eigenvalue weighted by atomic mass is 9.68. The molecule has 0 rings (SSSR count). The average molecular weight is 168 g/mol. The van der Waals surface area contributed by atoms with Crippen molar-refractivity contribution < 1.29 is 0 Å². The molecule has 0 fully saturated rings. The quantitative estimate of drug-likeness (QED) is 0.545. The first-order chi connectivity index (χ1) is 5.28. The number of rotatable bonds is 4. The smallest absolute Gasteiger partial charge is 0.0145 e. The van der Waals surface area contributed by atoms with Crippen LogP contribution in [0.1, 0.15) is 54.4 Å². The van der Waals surface area contributed by atoms with E-state index in [0.717, 1.165) is 0 Å². The molecule has 72 valence electrons. The standard InChI is InChI=1S/C12H24/c1-8-11(4,5)10(3)12(6,7)9-2/h3,8-9H2,1-2,4-7H3. The van der Waals surface area contributed by atoms with Crippen molar-refractivity contribution in [3.63, 3.8) is 0 Å². The lowest BCUT2D eigenvalue weighted by molar-refractivity contribution is 0.301. The number of hydrogen-bond acceptors (Lipinski definition) is 0. The van der Waals surface area contributed by atoms with Gasteiger partial charge in [-0.25, -0.2) is 0 Å². The molecule has 0 amide bonds. The summed E-state index contributed by atoms with van der Waals surface area (Å²) in [4.78, 5) is 0. The van der Waals surface area contributed by atoms with E-state index in [-0.39, 0.29) is 0 Å². The highest BCUT2D eigenvalue weighted by molar-refractivity contribution is 5.15. The van der Waals surface area contributed by atoms with Crippen LogP contribution in [0.25, 0.3) is 0 Å². The fraction of sp³-hybridized carbons (Fsp3) is 0.833. The van der Waals surface area contributed by atoms with Crippen molar-refractivity contribution in [2.45, 2.75) is 54.4 Å². The molecule has 0 aliphatic carbocycles. The third kappa shape index (κ3) is 2.36. The van der Waals surface area contributed by atoms with Crippen molar-refractivity contribution in [3.8, 4) is 0 Å². The van der Waals surface area contributed by atoms with Gasteiger partial charge < -0.3 is 0 Å². The maximum Gasteiger partial charge on any atom is -0.0145 e. The van der Waals surface area contributed by atoms with Crippen LogP contribution in [-0.4, -0.2) is 0 Å². The molecule has 0 aromatic heterocycles. The summed E-state index contributed by atoms with van der Waals surface area (Å²) in [5.74, 6) is 0. The van der Waals surface area contributed by atoms with Crippen molar-refractivity contribution in [2.75, 3.05) is 0 Å². The molecule has 0 nitrogen and oxygen atoms in total. The molecule has 0 spiro atoms. The van der Waals surface area contributed by atoms with Crippen LogP contribution < -0.4 is 0 Å². The van der Waals surface area contributed by atoms with Crippen LogP contribution in [0.5, 0.6) is 0 Å². The molecular formula is C12H24. The maximum atomic E-state index is 4.24. The van der Waals surface area contributed by atoms with Crippen molar-refractivity contribution in [2.24, 2.45) is 10.8 Å². The van der Waals surface area contributed by atoms with Crippen LogP contribution >= 0.6 is 0 Å². The first kappa shape index (κ1) is 11.7. The van der Waals surface area contributed by atoms with E-state index in [1.54, 1.807) is 0 Å². The summed E-state index contributed by atoms with van der Waals surface area (Å²) in [5, 5.41) is 0. The van der Waals surface area contributed by atoms with Crippen molar-refractivity contribution in [1.82, 2.24) is 0 Å². The minimum absolute atomic E-state index is 0.291.